The summed E-state index contributed by atoms with van der Waals surface area (Å²) < 4.78 is 46.4. The summed E-state index contributed by atoms with van der Waals surface area (Å²) in [6, 6.07) is 12.6. The molecule has 4 rings (SSSR count). The van der Waals surface area contributed by atoms with Gasteiger partial charge in [0.25, 0.3) is 0 Å². The number of halogens is 3. The topological polar surface area (TPSA) is 95.9 Å². The van der Waals surface area contributed by atoms with Crippen LogP contribution in [0, 0.1) is 0 Å². The average molecular weight is 490 g/mol. The summed E-state index contributed by atoms with van der Waals surface area (Å²) >= 11 is 0. The number of hydrogen-bond acceptors (Lipinski definition) is 9. The minimum absolute atomic E-state index is 0.239. The number of aliphatic hydroxyl groups excluding tert-OH is 1. The fourth-order valence-electron chi connectivity index (χ4n) is 3.60. The van der Waals surface area contributed by atoms with E-state index in [0.717, 1.165) is 5.56 Å². The minimum atomic E-state index is -4.76. The number of aromatic nitrogens is 3. The summed E-state index contributed by atoms with van der Waals surface area (Å²) in [5.74, 6) is 1.49. The van der Waals surface area contributed by atoms with Crippen LogP contribution in [-0.4, -0.2) is 70.8 Å². The Morgan fingerprint density at radius 3 is 2.11 bits per heavy atom. The largest absolute Gasteiger partial charge is 0.573 e. The van der Waals surface area contributed by atoms with Crippen LogP contribution in [0.25, 0.3) is 11.4 Å². The van der Waals surface area contributed by atoms with Crippen molar-refractivity contribution in [1.82, 2.24) is 19.9 Å². The molecule has 1 aliphatic heterocycles. The lowest BCUT2D eigenvalue weighted by Gasteiger charge is -2.36. The first kappa shape index (κ1) is 24.5. The van der Waals surface area contributed by atoms with Crippen LogP contribution in [0.4, 0.5) is 30.8 Å². The average Bonchev–Trinajstić information content (AvgIpc) is 2.84. The van der Waals surface area contributed by atoms with Crippen LogP contribution in [-0.2, 0) is 0 Å². The molecular formula is C23H25F3N6O3. The maximum atomic E-state index is 12.4. The Balaban J connectivity index is 1.61. The molecule has 1 fully saturated rings. The molecule has 2 heterocycles. The van der Waals surface area contributed by atoms with Gasteiger partial charge in [-0.05, 0) is 55.5 Å². The summed E-state index contributed by atoms with van der Waals surface area (Å²) in [5, 5.41) is 12.9. The second-order valence-electron chi connectivity index (χ2n) is 7.86. The second-order valence-corrected chi connectivity index (χ2v) is 7.86. The third kappa shape index (κ3) is 6.49. The van der Waals surface area contributed by atoms with Gasteiger partial charge in [0.2, 0.25) is 11.9 Å². The molecule has 0 saturated carbocycles. The van der Waals surface area contributed by atoms with Gasteiger partial charge in [0.1, 0.15) is 17.7 Å². The first-order valence-corrected chi connectivity index (χ1v) is 10.9. The lowest BCUT2D eigenvalue weighted by atomic mass is 10.2. The number of anilines is 3. The van der Waals surface area contributed by atoms with Crippen LogP contribution in [0.5, 0.6) is 11.5 Å². The molecule has 0 bridgehead atoms. The zero-order valence-electron chi connectivity index (χ0n) is 19.2. The van der Waals surface area contributed by atoms with E-state index in [1.165, 1.54) is 24.3 Å². The standard InChI is InChI=1S/C23H25F3N6O3/c1-15(33)31-11-13-32(14-12-31)22-29-20(16-3-7-18(34-2)8-4-16)28-21(30-22)27-17-5-9-19(10-6-17)35-23(24,25)26/h3-10,15,33H,11-14H2,1-2H3,(H,27,28,29,30). The SMILES string of the molecule is COc1ccc(-c2nc(Nc3ccc(OC(F)(F)F)cc3)nc(N3CCN(C(C)O)CC3)n2)cc1. The van der Waals surface area contributed by atoms with E-state index in [1.54, 1.807) is 26.2 Å². The van der Waals surface area contributed by atoms with E-state index in [4.69, 9.17) is 4.74 Å². The molecule has 9 nitrogen and oxygen atoms in total. The Labute approximate surface area is 200 Å². The van der Waals surface area contributed by atoms with Crippen molar-refractivity contribution in [1.29, 1.82) is 0 Å². The molecule has 0 radical (unpaired) electrons. The number of alkyl halides is 3. The maximum Gasteiger partial charge on any atom is 0.573 e. The highest BCUT2D eigenvalue weighted by Gasteiger charge is 2.31. The van der Waals surface area contributed by atoms with Gasteiger partial charge in [-0.15, -0.1) is 13.2 Å². The summed E-state index contributed by atoms with van der Waals surface area (Å²) in [6.07, 6.45) is -5.30. The monoisotopic (exact) mass is 490 g/mol. The van der Waals surface area contributed by atoms with Crippen LogP contribution < -0.4 is 19.7 Å². The van der Waals surface area contributed by atoms with Gasteiger partial charge in [-0.3, -0.25) is 4.90 Å². The molecule has 0 amide bonds. The molecule has 2 aromatic carbocycles. The quantitative estimate of drug-likeness (QED) is 0.515. The molecular weight excluding hydrogens is 465 g/mol. The van der Waals surface area contributed by atoms with Crippen LogP contribution in [0.1, 0.15) is 6.92 Å². The normalized spacial score (nSPS) is 15.5. The number of nitrogens with one attached hydrogen (secondary N) is 1. The maximum absolute atomic E-state index is 12.4. The predicted octanol–water partition coefficient (Wildman–Crippen LogP) is 3.65. The number of ether oxygens (including phenoxy) is 2. The third-order valence-electron chi connectivity index (χ3n) is 5.44. The van der Waals surface area contributed by atoms with Crippen molar-refractivity contribution in [2.75, 3.05) is 43.5 Å². The van der Waals surface area contributed by atoms with E-state index in [0.29, 0.717) is 49.4 Å². The van der Waals surface area contributed by atoms with E-state index in [1.807, 2.05) is 21.9 Å². The van der Waals surface area contributed by atoms with Gasteiger partial charge in [-0.25, -0.2) is 0 Å². The molecule has 186 valence electrons. The van der Waals surface area contributed by atoms with Crippen molar-refractivity contribution in [3.63, 3.8) is 0 Å². The molecule has 1 unspecified atom stereocenters. The van der Waals surface area contributed by atoms with E-state index < -0.39 is 12.6 Å². The Bertz CT molecular complexity index is 1120. The van der Waals surface area contributed by atoms with Gasteiger partial charge in [0.15, 0.2) is 5.82 Å². The molecule has 12 heteroatoms. The number of piperazine rings is 1. The van der Waals surface area contributed by atoms with Gasteiger partial charge in [-0.1, -0.05) is 0 Å². The minimum Gasteiger partial charge on any atom is -0.497 e. The first-order valence-electron chi connectivity index (χ1n) is 10.9. The van der Waals surface area contributed by atoms with Crippen molar-refractivity contribution in [2.45, 2.75) is 19.5 Å². The highest BCUT2D eigenvalue weighted by Crippen LogP contribution is 2.27. The van der Waals surface area contributed by atoms with Gasteiger partial charge in [0.05, 0.1) is 7.11 Å². The van der Waals surface area contributed by atoms with Crippen LogP contribution in [0.2, 0.25) is 0 Å². The van der Waals surface area contributed by atoms with Crippen LogP contribution in [0.3, 0.4) is 0 Å². The molecule has 3 aromatic rings. The zero-order chi connectivity index (χ0) is 25.0. The van der Waals surface area contributed by atoms with Crippen molar-refractivity contribution in [3.05, 3.63) is 48.5 Å². The van der Waals surface area contributed by atoms with E-state index in [2.05, 4.69) is 25.0 Å². The number of aliphatic hydroxyl groups is 1. The van der Waals surface area contributed by atoms with E-state index in [9.17, 15) is 18.3 Å². The Kier molecular flexibility index (Phi) is 7.22. The summed E-state index contributed by atoms with van der Waals surface area (Å²) in [5.41, 5.74) is 1.23. The van der Waals surface area contributed by atoms with Gasteiger partial charge in [-0.2, -0.15) is 15.0 Å². The Hall–Kier alpha value is -3.64. The molecule has 0 aliphatic carbocycles. The molecule has 1 saturated heterocycles. The predicted molar refractivity (Wildman–Crippen MR) is 124 cm³/mol. The highest BCUT2D eigenvalue weighted by atomic mass is 19.4. The van der Waals surface area contributed by atoms with E-state index >= 15 is 0 Å². The van der Waals surface area contributed by atoms with Gasteiger partial charge in [0, 0.05) is 37.4 Å². The summed E-state index contributed by atoms with van der Waals surface area (Å²) in [6.45, 7) is 4.24. The number of benzene rings is 2. The fraction of sp³-hybridized carbons (Fsp3) is 0.348. The number of hydrogen-bond donors (Lipinski definition) is 2. The Morgan fingerprint density at radius 1 is 0.914 bits per heavy atom. The fourth-order valence-corrected chi connectivity index (χ4v) is 3.60. The lowest BCUT2D eigenvalue weighted by Crippen LogP contribution is -2.50. The molecule has 35 heavy (non-hydrogen) atoms. The summed E-state index contributed by atoms with van der Waals surface area (Å²) in [7, 11) is 1.58. The zero-order valence-corrected chi connectivity index (χ0v) is 19.2. The smallest absolute Gasteiger partial charge is 0.497 e. The molecule has 0 spiro atoms. The van der Waals surface area contributed by atoms with Gasteiger partial charge >= 0.3 is 6.36 Å². The van der Waals surface area contributed by atoms with Gasteiger partial charge < -0.3 is 24.8 Å². The van der Waals surface area contributed by atoms with E-state index in [-0.39, 0.29) is 11.7 Å². The highest BCUT2D eigenvalue weighted by molar-refractivity contribution is 5.62. The lowest BCUT2D eigenvalue weighted by molar-refractivity contribution is -0.274. The number of methoxy groups -OCH3 is 1. The third-order valence-corrected chi connectivity index (χ3v) is 5.44. The number of rotatable bonds is 7. The van der Waals surface area contributed by atoms with Crippen LogP contribution >= 0.6 is 0 Å². The molecule has 1 aliphatic rings. The molecule has 2 N–H and O–H groups in total. The van der Waals surface area contributed by atoms with Crippen molar-refractivity contribution < 1.29 is 27.8 Å². The molecule has 1 aromatic heterocycles. The van der Waals surface area contributed by atoms with Crippen molar-refractivity contribution >= 4 is 17.6 Å². The number of nitrogens with zero attached hydrogens (tertiary/aromatic N) is 5. The van der Waals surface area contributed by atoms with Crippen molar-refractivity contribution in [3.8, 4) is 22.9 Å². The first-order chi connectivity index (χ1) is 16.7. The molecule has 1 atom stereocenters. The second kappa shape index (κ2) is 10.3. The Morgan fingerprint density at radius 2 is 1.54 bits per heavy atom. The summed E-state index contributed by atoms with van der Waals surface area (Å²) in [4.78, 5) is 17.6. The van der Waals surface area contributed by atoms with Crippen LogP contribution in [0.15, 0.2) is 48.5 Å². The van der Waals surface area contributed by atoms with Crippen molar-refractivity contribution in [2.24, 2.45) is 0 Å².